The van der Waals surface area contributed by atoms with Crippen LogP contribution in [0.1, 0.15) is 19.3 Å². The van der Waals surface area contributed by atoms with Gasteiger partial charge in [-0.25, -0.2) is 0 Å². The highest BCUT2D eigenvalue weighted by Crippen LogP contribution is 2.36. The van der Waals surface area contributed by atoms with Gasteiger partial charge in [-0.15, -0.1) is 0 Å². The molecule has 5 nitrogen and oxygen atoms in total. The second-order valence-corrected chi connectivity index (χ2v) is 5.64. The van der Waals surface area contributed by atoms with E-state index < -0.39 is 11.9 Å². The third-order valence-corrected chi connectivity index (χ3v) is 4.01. The molecule has 2 atom stereocenters. The Balaban J connectivity index is 2.04. The van der Waals surface area contributed by atoms with Crippen LogP contribution in [0, 0.1) is 11.8 Å². The second kappa shape index (κ2) is 5.89. The number of anilines is 1. The normalized spacial score (nSPS) is 21.7. The Morgan fingerprint density at radius 3 is 2.20 bits per heavy atom. The maximum atomic E-state index is 12.0. The highest BCUT2D eigenvalue weighted by molar-refractivity contribution is 6.37. The predicted molar refractivity (Wildman–Crippen MR) is 75.2 cm³/mol. The van der Waals surface area contributed by atoms with Gasteiger partial charge in [0.05, 0.1) is 16.0 Å². The van der Waals surface area contributed by atoms with E-state index in [0.29, 0.717) is 24.9 Å². The lowest BCUT2D eigenvalue weighted by Gasteiger charge is -2.12. The number of phenolic OH excluding ortho intramolecular Hbond substituents is 1. The number of amides is 1. The number of aliphatic carboxylic acids is 1. The topological polar surface area (TPSA) is 86.6 Å². The van der Waals surface area contributed by atoms with Gasteiger partial charge in [-0.05, 0) is 31.4 Å². The molecule has 0 heterocycles. The first-order chi connectivity index (χ1) is 9.38. The Morgan fingerprint density at radius 1 is 1.15 bits per heavy atom. The summed E-state index contributed by atoms with van der Waals surface area (Å²) in [5.41, 5.74) is 0.376. The number of benzene rings is 1. The van der Waals surface area contributed by atoms with E-state index in [4.69, 9.17) is 28.3 Å². The van der Waals surface area contributed by atoms with Crippen molar-refractivity contribution >= 4 is 40.8 Å². The monoisotopic (exact) mass is 317 g/mol. The SMILES string of the molecule is O=C(O)C1CCC(C(=O)Nc2cc(Cl)c(O)c(Cl)c2)C1. The van der Waals surface area contributed by atoms with Crippen molar-refractivity contribution < 1.29 is 19.8 Å². The average molecular weight is 318 g/mol. The van der Waals surface area contributed by atoms with Crippen molar-refractivity contribution in [3.8, 4) is 5.75 Å². The summed E-state index contributed by atoms with van der Waals surface area (Å²) >= 11 is 11.5. The summed E-state index contributed by atoms with van der Waals surface area (Å²) in [5, 5.41) is 21.1. The van der Waals surface area contributed by atoms with E-state index in [9.17, 15) is 14.7 Å². The van der Waals surface area contributed by atoms with Crippen LogP contribution in [-0.2, 0) is 9.59 Å². The third-order valence-electron chi connectivity index (χ3n) is 3.44. The van der Waals surface area contributed by atoms with Crippen LogP contribution in [0.15, 0.2) is 12.1 Å². The molecule has 20 heavy (non-hydrogen) atoms. The maximum Gasteiger partial charge on any atom is 0.306 e. The van der Waals surface area contributed by atoms with Gasteiger partial charge >= 0.3 is 5.97 Å². The Hall–Kier alpha value is -1.46. The van der Waals surface area contributed by atoms with Crippen LogP contribution in [-0.4, -0.2) is 22.1 Å². The largest absolute Gasteiger partial charge is 0.505 e. The van der Waals surface area contributed by atoms with Crippen molar-refractivity contribution in [3.63, 3.8) is 0 Å². The van der Waals surface area contributed by atoms with Crippen molar-refractivity contribution in [1.29, 1.82) is 0 Å². The van der Waals surface area contributed by atoms with Gasteiger partial charge in [0, 0.05) is 11.6 Å². The summed E-state index contributed by atoms with van der Waals surface area (Å²) in [7, 11) is 0. The van der Waals surface area contributed by atoms with Crippen molar-refractivity contribution in [2.24, 2.45) is 11.8 Å². The number of aromatic hydroxyl groups is 1. The van der Waals surface area contributed by atoms with Crippen molar-refractivity contribution in [2.75, 3.05) is 5.32 Å². The number of hydrogen-bond acceptors (Lipinski definition) is 3. The molecule has 0 saturated heterocycles. The highest BCUT2D eigenvalue weighted by atomic mass is 35.5. The van der Waals surface area contributed by atoms with Gasteiger partial charge in [0.15, 0.2) is 5.75 Å². The molecule has 1 aliphatic carbocycles. The fraction of sp³-hybridized carbons (Fsp3) is 0.385. The van der Waals surface area contributed by atoms with Crippen LogP contribution >= 0.6 is 23.2 Å². The number of hydrogen-bond donors (Lipinski definition) is 3. The molecule has 3 N–H and O–H groups in total. The van der Waals surface area contributed by atoms with E-state index in [-0.39, 0.29) is 27.6 Å². The van der Waals surface area contributed by atoms with Crippen LogP contribution in [0.25, 0.3) is 0 Å². The molecule has 0 radical (unpaired) electrons. The number of carboxylic acid groups (broad SMARTS) is 1. The predicted octanol–water partition coefficient (Wildman–Crippen LogP) is 3.14. The molecule has 1 aromatic rings. The summed E-state index contributed by atoms with van der Waals surface area (Å²) in [5.74, 6) is -2.15. The molecule has 0 aliphatic heterocycles. The number of halogens is 2. The molecule has 1 amide bonds. The molecule has 1 aliphatic rings. The molecule has 2 rings (SSSR count). The van der Waals surface area contributed by atoms with Crippen molar-refractivity contribution in [3.05, 3.63) is 22.2 Å². The molecule has 1 aromatic carbocycles. The Kier molecular flexibility index (Phi) is 4.40. The Morgan fingerprint density at radius 2 is 1.70 bits per heavy atom. The number of carbonyl (C=O) groups is 2. The van der Waals surface area contributed by atoms with Gasteiger partial charge in [-0.3, -0.25) is 9.59 Å². The van der Waals surface area contributed by atoms with Crippen LogP contribution in [0.3, 0.4) is 0 Å². The van der Waals surface area contributed by atoms with Crippen LogP contribution < -0.4 is 5.32 Å². The van der Waals surface area contributed by atoms with Gasteiger partial charge in [0.2, 0.25) is 5.91 Å². The highest BCUT2D eigenvalue weighted by Gasteiger charge is 2.33. The Labute approximate surface area is 125 Å². The minimum absolute atomic E-state index is 0.0441. The first-order valence-corrected chi connectivity index (χ1v) is 6.85. The zero-order chi connectivity index (χ0) is 14.9. The third kappa shape index (κ3) is 3.16. The first kappa shape index (κ1) is 14.9. The molecule has 0 bridgehead atoms. The molecule has 2 unspecified atom stereocenters. The number of rotatable bonds is 3. The lowest BCUT2D eigenvalue weighted by atomic mass is 10.0. The molecule has 0 spiro atoms. The van der Waals surface area contributed by atoms with Gasteiger partial charge in [0.25, 0.3) is 0 Å². The van der Waals surface area contributed by atoms with E-state index in [1.165, 1.54) is 12.1 Å². The van der Waals surface area contributed by atoms with Crippen molar-refractivity contribution in [1.82, 2.24) is 0 Å². The van der Waals surface area contributed by atoms with Crippen molar-refractivity contribution in [2.45, 2.75) is 19.3 Å². The lowest BCUT2D eigenvalue weighted by molar-refractivity contribution is -0.141. The minimum Gasteiger partial charge on any atom is -0.505 e. The minimum atomic E-state index is -0.865. The van der Waals surface area contributed by atoms with E-state index in [2.05, 4.69) is 5.32 Å². The average Bonchev–Trinajstić information content (AvgIpc) is 2.85. The summed E-state index contributed by atoms with van der Waals surface area (Å²) in [4.78, 5) is 22.9. The maximum absolute atomic E-state index is 12.0. The zero-order valence-corrected chi connectivity index (χ0v) is 11.9. The molecule has 1 saturated carbocycles. The van der Waals surface area contributed by atoms with Gasteiger partial charge < -0.3 is 15.5 Å². The summed E-state index contributed by atoms with van der Waals surface area (Å²) < 4.78 is 0. The summed E-state index contributed by atoms with van der Waals surface area (Å²) in [6, 6.07) is 2.79. The quantitative estimate of drug-likeness (QED) is 0.747. The van der Waals surface area contributed by atoms with E-state index in [0.717, 1.165) is 0 Å². The molecule has 0 aromatic heterocycles. The summed E-state index contributed by atoms with van der Waals surface area (Å²) in [6.45, 7) is 0. The smallest absolute Gasteiger partial charge is 0.306 e. The van der Waals surface area contributed by atoms with E-state index in [1.54, 1.807) is 0 Å². The van der Waals surface area contributed by atoms with Crippen LogP contribution in [0.4, 0.5) is 5.69 Å². The summed E-state index contributed by atoms with van der Waals surface area (Å²) in [6.07, 6.45) is 1.38. The number of carboxylic acids is 1. The first-order valence-electron chi connectivity index (χ1n) is 6.10. The van der Waals surface area contributed by atoms with Gasteiger partial charge in [-0.2, -0.15) is 0 Å². The van der Waals surface area contributed by atoms with Gasteiger partial charge in [0.1, 0.15) is 0 Å². The fourth-order valence-electron chi connectivity index (χ4n) is 2.33. The lowest BCUT2D eigenvalue weighted by Crippen LogP contribution is -2.21. The van der Waals surface area contributed by atoms with E-state index in [1.807, 2.05) is 0 Å². The van der Waals surface area contributed by atoms with Crippen LogP contribution in [0.5, 0.6) is 5.75 Å². The molecule has 7 heteroatoms. The standard InChI is InChI=1S/C13H13Cl2NO4/c14-9-4-8(5-10(15)11(9)17)16-12(18)6-1-2-7(3-6)13(19)20/h4-7,17H,1-3H2,(H,16,18)(H,19,20). The molecular weight excluding hydrogens is 305 g/mol. The fourth-order valence-corrected chi connectivity index (χ4v) is 2.81. The van der Waals surface area contributed by atoms with E-state index >= 15 is 0 Å². The van der Waals surface area contributed by atoms with Gasteiger partial charge in [-0.1, -0.05) is 23.2 Å². The number of nitrogens with one attached hydrogen (secondary N) is 1. The zero-order valence-electron chi connectivity index (χ0n) is 10.4. The second-order valence-electron chi connectivity index (χ2n) is 4.82. The Bertz CT molecular complexity index is 538. The molecule has 1 fully saturated rings. The molecular formula is C13H13Cl2NO4. The number of carbonyl (C=O) groups excluding carboxylic acids is 1. The van der Waals surface area contributed by atoms with Crippen LogP contribution in [0.2, 0.25) is 10.0 Å². The number of phenols is 1. The molecule has 108 valence electrons.